The Hall–Kier alpha value is -1.53. The Labute approximate surface area is 90.0 Å². The van der Waals surface area contributed by atoms with Gasteiger partial charge in [-0.25, -0.2) is 14.0 Å². The fourth-order valence-electron chi connectivity index (χ4n) is 0.616. The van der Waals surface area contributed by atoms with Crippen molar-refractivity contribution < 1.29 is 32.2 Å². The molecule has 0 saturated carbocycles. The van der Waals surface area contributed by atoms with Crippen molar-refractivity contribution in [3.63, 3.8) is 0 Å². The van der Waals surface area contributed by atoms with Gasteiger partial charge in [0, 0.05) is 12.2 Å². The van der Waals surface area contributed by atoms with Crippen LogP contribution in [0.15, 0.2) is 12.2 Å². The summed E-state index contributed by atoms with van der Waals surface area (Å²) in [5.74, 6) is -2.40. The van der Waals surface area contributed by atoms with Crippen LogP contribution in [-0.2, 0) is 19.1 Å². The van der Waals surface area contributed by atoms with E-state index < -0.39 is 30.8 Å². The Morgan fingerprint density at radius 3 is 2.19 bits per heavy atom. The second kappa shape index (κ2) is 6.14. The van der Waals surface area contributed by atoms with Gasteiger partial charge in [0.1, 0.15) is 0 Å². The summed E-state index contributed by atoms with van der Waals surface area (Å²) >= 11 is 0. The minimum absolute atomic E-state index is 0.402. The average molecular weight is 240 g/mol. The number of hydrogen-bond acceptors (Lipinski definition) is 4. The molecule has 0 bridgehead atoms. The number of halogens is 3. The highest BCUT2D eigenvalue weighted by atomic mass is 19.3. The lowest BCUT2D eigenvalue weighted by Crippen LogP contribution is -2.26. The largest absolute Gasteiger partial charge is 0.460 e. The minimum atomic E-state index is -4.18. The molecule has 0 atom stereocenters. The lowest BCUT2D eigenvalue weighted by atomic mass is 10.4. The van der Waals surface area contributed by atoms with Crippen molar-refractivity contribution in [3.05, 3.63) is 12.2 Å². The summed E-state index contributed by atoms with van der Waals surface area (Å²) in [5, 5.41) is 0. The van der Waals surface area contributed by atoms with Crippen LogP contribution in [0.1, 0.15) is 13.8 Å². The Morgan fingerprint density at radius 2 is 1.75 bits per heavy atom. The number of rotatable bonds is 5. The quantitative estimate of drug-likeness (QED) is 0.541. The first-order chi connectivity index (χ1) is 7.26. The molecule has 0 aliphatic carbocycles. The number of hydrogen-bond donors (Lipinski definition) is 0. The molecule has 0 aliphatic heterocycles. The van der Waals surface area contributed by atoms with Crippen molar-refractivity contribution in [2.24, 2.45) is 0 Å². The fraction of sp³-hybridized carbons (Fsp3) is 0.556. The van der Waals surface area contributed by atoms with E-state index in [0.717, 1.165) is 0 Å². The van der Waals surface area contributed by atoms with Crippen molar-refractivity contribution >= 4 is 11.9 Å². The summed E-state index contributed by atoms with van der Waals surface area (Å²) in [6.45, 7) is 1.02. The molecule has 4 nitrogen and oxygen atoms in total. The molecule has 0 aromatic carbocycles. The van der Waals surface area contributed by atoms with Crippen LogP contribution < -0.4 is 0 Å². The molecule has 0 N–H and O–H groups in total. The zero-order valence-corrected chi connectivity index (χ0v) is 8.71. The first kappa shape index (κ1) is 14.5. The zero-order valence-electron chi connectivity index (χ0n) is 8.71. The first-order valence-electron chi connectivity index (χ1n) is 4.32. The maximum atomic E-state index is 12.2. The smallest absolute Gasteiger partial charge is 0.429 e. The third-order valence-corrected chi connectivity index (χ3v) is 1.11. The van der Waals surface area contributed by atoms with Gasteiger partial charge in [-0.15, -0.1) is 0 Å². The van der Waals surface area contributed by atoms with Crippen molar-refractivity contribution in [1.29, 1.82) is 0 Å². The second-order valence-electron chi connectivity index (χ2n) is 3.01. The van der Waals surface area contributed by atoms with Gasteiger partial charge in [0.2, 0.25) is 0 Å². The molecule has 16 heavy (non-hydrogen) atoms. The summed E-state index contributed by atoms with van der Waals surface area (Å²) in [4.78, 5) is 21.5. The molecule has 92 valence electrons. The highest BCUT2D eigenvalue weighted by Gasteiger charge is 2.33. The van der Waals surface area contributed by atoms with Gasteiger partial charge in [0.05, 0.1) is 6.10 Å². The third kappa shape index (κ3) is 6.86. The van der Waals surface area contributed by atoms with Gasteiger partial charge in [-0.05, 0) is 13.8 Å². The Bertz CT molecular complexity index is 286. The van der Waals surface area contributed by atoms with Gasteiger partial charge in [-0.1, -0.05) is 0 Å². The summed E-state index contributed by atoms with van der Waals surface area (Å²) in [5.41, 5.74) is 0. The lowest BCUT2D eigenvalue weighted by Gasteiger charge is -2.10. The van der Waals surface area contributed by atoms with Gasteiger partial charge >= 0.3 is 18.0 Å². The van der Waals surface area contributed by atoms with Crippen LogP contribution in [0.5, 0.6) is 0 Å². The van der Waals surface area contributed by atoms with Crippen molar-refractivity contribution in [2.75, 3.05) is 6.67 Å². The molecule has 0 unspecified atom stereocenters. The molecule has 0 spiro atoms. The van der Waals surface area contributed by atoms with Crippen LogP contribution in [-0.4, -0.2) is 30.8 Å². The molecule has 0 aromatic rings. The molecule has 0 radical (unpaired) electrons. The summed E-state index contributed by atoms with van der Waals surface area (Å²) in [7, 11) is 0. The predicted octanol–water partition coefficient (Wildman–Crippen LogP) is 1.60. The Balaban J connectivity index is 4.15. The van der Waals surface area contributed by atoms with Crippen LogP contribution in [0.25, 0.3) is 0 Å². The monoisotopic (exact) mass is 240 g/mol. The van der Waals surface area contributed by atoms with E-state index in [4.69, 9.17) is 0 Å². The van der Waals surface area contributed by atoms with E-state index in [-0.39, 0.29) is 0 Å². The standard InChI is InChI=1S/C9H11F3O4/c1-6(2)15-7(13)3-4-8(14)16-9(11,12)5-10/h3-4,6H,5H2,1-2H3/b4-3+. The number of esters is 2. The maximum Gasteiger partial charge on any atom is 0.429 e. The molecular formula is C9H11F3O4. The number of alkyl halides is 3. The van der Waals surface area contributed by atoms with Crippen molar-refractivity contribution in [2.45, 2.75) is 26.1 Å². The van der Waals surface area contributed by atoms with E-state index in [0.29, 0.717) is 12.2 Å². The molecule has 0 aromatic heterocycles. The lowest BCUT2D eigenvalue weighted by molar-refractivity contribution is -0.234. The molecule has 7 heteroatoms. The van der Waals surface area contributed by atoms with E-state index in [1.54, 1.807) is 13.8 Å². The van der Waals surface area contributed by atoms with Gasteiger partial charge in [0.25, 0.3) is 0 Å². The van der Waals surface area contributed by atoms with Crippen molar-refractivity contribution in [3.8, 4) is 0 Å². The third-order valence-electron chi connectivity index (χ3n) is 1.11. The number of carbonyl (C=O) groups excluding carboxylic acids is 2. The minimum Gasteiger partial charge on any atom is -0.460 e. The summed E-state index contributed by atoms with van der Waals surface area (Å²) < 4.78 is 43.9. The van der Waals surface area contributed by atoms with E-state index >= 15 is 0 Å². The molecule has 0 heterocycles. The van der Waals surface area contributed by atoms with Crippen LogP contribution in [0.3, 0.4) is 0 Å². The summed E-state index contributed by atoms with van der Waals surface area (Å²) in [6, 6.07) is 0. The topological polar surface area (TPSA) is 52.6 Å². The van der Waals surface area contributed by atoms with E-state index in [1.165, 1.54) is 0 Å². The highest BCUT2D eigenvalue weighted by molar-refractivity contribution is 5.91. The number of ether oxygens (including phenoxy) is 2. The zero-order chi connectivity index (χ0) is 12.8. The van der Waals surface area contributed by atoms with E-state index in [9.17, 15) is 22.8 Å². The van der Waals surface area contributed by atoms with Crippen LogP contribution in [0, 0.1) is 0 Å². The van der Waals surface area contributed by atoms with Crippen LogP contribution >= 0.6 is 0 Å². The highest BCUT2D eigenvalue weighted by Crippen LogP contribution is 2.15. The van der Waals surface area contributed by atoms with Crippen molar-refractivity contribution in [1.82, 2.24) is 0 Å². The van der Waals surface area contributed by atoms with E-state index in [2.05, 4.69) is 9.47 Å². The van der Waals surface area contributed by atoms with Crippen LogP contribution in [0.4, 0.5) is 13.2 Å². The maximum absolute atomic E-state index is 12.2. The van der Waals surface area contributed by atoms with Gasteiger partial charge in [-0.2, -0.15) is 8.78 Å². The Kier molecular flexibility index (Phi) is 5.55. The van der Waals surface area contributed by atoms with Gasteiger partial charge in [-0.3, -0.25) is 0 Å². The summed E-state index contributed by atoms with van der Waals surface area (Å²) in [6.07, 6.45) is -3.52. The fourth-order valence-corrected chi connectivity index (χ4v) is 0.616. The molecule has 0 fully saturated rings. The average Bonchev–Trinajstić information content (AvgIpc) is 2.13. The van der Waals surface area contributed by atoms with Crippen LogP contribution in [0.2, 0.25) is 0 Å². The van der Waals surface area contributed by atoms with Gasteiger partial charge < -0.3 is 9.47 Å². The molecule has 0 amide bonds. The SMILES string of the molecule is CC(C)OC(=O)/C=C/C(=O)OC(F)(F)CF. The second-order valence-corrected chi connectivity index (χ2v) is 3.01. The number of carbonyl (C=O) groups is 2. The molecule has 0 rings (SSSR count). The molecule has 0 saturated heterocycles. The Morgan fingerprint density at radius 1 is 1.25 bits per heavy atom. The normalized spacial score (nSPS) is 11.9. The first-order valence-corrected chi connectivity index (χ1v) is 4.32. The van der Waals surface area contributed by atoms with E-state index in [1.807, 2.05) is 0 Å². The molecule has 0 aliphatic rings. The van der Waals surface area contributed by atoms with Gasteiger partial charge in [0.15, 0.2) is 6.67 Å². The predicted molar refractivity (Wildman–Crippen MR) is 47.4 cm³/mol. The molecular weight excluding hydrogens is 229 g/mol.